The van der Waals surface area contributed by atoms with Crippen LogP contribution in [-0.2, 0) is 13.0 Å². The molecule has 0 saturated heterocycles. The Hall–Kier alpha value is -1.59. The van der Waals surface area contributed by atoms with E-state index >= 15 is 0 Å². The van der Waals surface area contributed by atoms with Crippen LogP contribution in [0.4, 0.5) is 0 Å². The van der Waals surface area contributed by atoms with Crippen molar-refractivity contribution in [3.05, 3.63) is 41.1 Å². The fourth-order valence-electron chi connectivity index (χ4n) is 1.66. The number of halogens is 1. The van der Waals surface area contributed by atoms with Gasteiger partial charge in [-0.2, -0.15) is 0 Å². The van der Waals surface area contributed by atoms with Crippen LogP contribution in [0.5, 0.6) is 5.75 Å². The predicted octanol–water partition coefficient (Wildman–Crippen LogP) is 2.84. The van der Waals surface area contributed by atoms with E-state index in [4.69, 9.17) is 20.8 Å². The van der Waals surface area contributed by atoms with E-state index in [1.807, 2.05) is 0 Å². The minimum Gasteiger partial charge on any atom is -0.484 e. The zero-order chi connectivity index (χ0) is 14.2. The maximum atomic E-state index is 5.80. The summed E-state index contributed by atoms with van der Waals surface area (Å²) >= 11 is 5.80. The highest BCUT2D eigenvalue weighted by Crippen LogP contribution is 2.16. The molecule has 6 heteroatoms. The fraction of sp³-hybridized carbons (Fsp3) is 0.429. The summed E-state index contributed by atoms with van der Waals surface area (Å²) in [7, 11) is 0. The molecule has 1 aromatic heterocycles. The van der Waals surface area contributed by atoms with Gasteiger partial charge in [0.15, 0.2) is 6.61 Å². The molecule has 0 amide bonds. The van der Waals surface area contributed by atoms with Crippen LogP contribution in [0, 0.1) is 0 Å². The third kappa shape index (κ3) is 4.83. The highest BCUT2D eigenvalue weighted by molar-refractivity contribution is 6.30. The molecular weight excluding hydrogens is 278 g/mol. The second kappa shape index (κ2) is 7.87. The van der Waals surface area contributed by atoms with E-state index in [-0.39, 0.29) is 6.61 Å². The van der Waals surface area contributed by atoms with Gasteiger partial charge in [0.1, 0.15) is 5.75 Å². The van der Waals surface area contributed by atoms with Gasteiger partial charge in [0.05, 0.1) is 0 Å². The monoisotopic (exact) mass is 295 g/mol. The maximum absolute atomic E-state index is 5.80. The smallest absolute Gasteiger partial charge is 0.253 e. The minimum atomic E-state index is 0.266. The molecular formula is C14H18ClN3O2. The molecule has 0 spiro atoms. The molecule has 5 nitrogen and oxygen atoms in total. The Morgan fingerprint density at radius 2 is 1.95 bits per heavy atom. The summed E-state index contributed by atoms with van der Waals surface area (Å²) in [4.78, 5) is 0. The first-order valence-electron chi connectivity index (χ1n) is 6.68. The fourth-order valence-corrected chi connectivity index (χ4v) is 1.79. The molecule has 2 aromatic rings. The first-order chi connectivity index (χ1) is 9.78. The Kier molecular flexibility index (Phi) is 5.83. The van der Waals surface area contributed by atoms with E-state index in [2.05, 4.69) is 22.4 Å². The first-order valence-corrected chi connectivity index (χ1v) is 7.06. The van der Waals surface area contributed by atoms with E-state index in [0.29, 0.717) is 16.8 Å². The molecule has 0 aliphatic rings. The van der Waals surface area contributed by atoms with Crippen molar-refractivity contribution in [2.45, 2.75) is 26.4 Å². The summed E-state index contributed by atoms with van der Waals surface area (Å²) in [5, 5.41) is 11.9. The number of aryl methyl sites for hydroxylation is 1. The van der Waals surface area contributed by atoms with Crippen LogP contribution >= 0.6 is 11.6 Å². The van der Waals surface area contributed by atoms with Gasteiger partial charge in [-0.25, -0.2) is 0 Å². The van der Waals surface area contributed by atoms with Crippen LogP contribution in [0.15, 0.2) is 28.7 Å². The van der Waals surface area contributed by atoms with Crippen molar-refractivity contribution in [1.82, 2.24) is 15.5 Å². The van der Waals surface area contributed by atoms with Crippen LogP contribution in [0.2, 0.25) is 5.02 Å². The van der Waals surface area contributed by atoms with Gasteiger partial charge in [-0.3, -0.25) is 0 Å². The molecule has 1 N–H and O–H groups in total. The Balaban J connectivity index is 1.76. The summed E-state index contributed by atoms with van der Waals surface area (Å²) in [6.07, 6.45) is 1.76. The summed E-state index contributed by atoms with van der Waals surface area (Å²) in [6, 6.07) is 7.15. The molecule has 0 radical (unpaired) electrons. The number of nitrogens with zero attached hydrogens (tertiary/aromatic N) is 2. The number of nitrogens with one attached hydrogen (secondary N) is 1. The highest BCUT2D eigenvalue weighted by Gasteiger charge is 2.06. The van der Waals surface area contributed by atoms with E-state index in [9.17, 15) is 0 Å². The lowest BCUT2D eigenvalue weighted by atomic mass is 10.3. The molecule has 0 bridgehead atoms. The number of benzene rings is 1. The molecule has 0 saturated carbocycles. The van der Waals surface area contributed by atoms with Crippen LogP contribution in [-0.4, -0.2) is 23.3 Å². The minimum absolute atomic E-state index is 0.266. The quantitative estimate of drug-likeness (QED) is 0.759. The van der Waals surface area contributed by atoms with Crippen molar-refractivity contribution < 1.29 is 9.15 Å². The number of rotatable bonds is 8. The van der Waals surface area contributed by atoms with Crippen LogP contribution in [0.1, 0.15) is 25.1 Å². The summed E-state index contributed by atoms with van der Waals surface area (Å²) in [6.45, 7) is 4.28. The summed E-state index contributed by atoms with van der Waals surface area (Å²) in [5.41, 5.74) is 0. The lowest BCUT2D eigenvalue weighted by Crippen LogP contribution is -2.14. The van der Waals surface area contributed by atoms with Gasteiger partial charge in [-0.15, -0.1) is 10.2 Å². The van der Waals surface area contributed by atoms with Gasteiger partial charge in [-0.1, -0.05) is 18.5 Å². The third-order valence-corrected chi connectivity index (χ3v) is 2.93. The highest BCUT2D eigenvalue weighted by atomic mass is 35.5. The second-order valence-electron chi connectivity index (χ2n) is 4.29. The van der Waals surface area contributed by atoms with Crippen molar-refractivity contribution in [2.75, 3.05) is 13.1 Å². The normalized spacial score (nSPS) is 10.7. The van der Waals surface area contributed by atoms with Crippen molar-refractivity contribution in [2.24, 2.45) is 0 Å². The zero-order valence-electron chi connectivity index (χ0n) is 11.4. The molecule has 0 atom stereocenters. The van der Waals surface area contributed by atoms with E-state index in [1.165, 1.54) is 0 Å². The van der Waals surface area contributed by atoms with Crippen LogP contribution < -0.4 is 10.1 Å². The summed E-state index contributed by atoms with van der Waals surface area (Å²) in [5.74, 6) is 1.86. The van der Waals surface area contributed by atoms with E-state index in [0.717, 1.165) is 31.7 Å². The molecule has 0 aliphatic carbocycles. The zero-order valence-corrected chi connectivity index (χ0v) is 12.2. The Morgan fingerprint density at radius 3 is 2.70 bits per heavy atom. The number of ether oxygens (including phenoxy) is 1. The van der Waals surface area contributed by atoms with Gasteiger partial charge < -0.3 is 14.5 Å². The van der Waals surface area contributed by atoms with Gasteiger partial charge in [0, 0.05) is 11.4 Å². The molecule has 0 aliphatic heterocycles. The van der Waals surface area contributed by atoms with Gasteiger partial charge >= 0.3 is 0 Å². The van der Waals surface area contributed by atoms with Crippen molar-refractivity contribution in [3.63, 3.8) is 0 Å². The Labute approximate surface area is 123 Å². The summed E-state index contributed by atoms with van der Waals surface area (Å²) < 4.78 is 11.0. The first kappa shape index (κ1) is 14.8. The average molecular weight is 296 g/mol. The number of hydrogen-bond acceptors (Lipinski definition) is 5. The largest absolute Gasteiger partial charge is 0.484 e. The number of hydrogen-bond donors (Lipinski definition) is 1. The van der Waals surface area contributed by atoms with E-state index in [1.54, 1.807) is 24.3 Å². The van der Waals surface area contributed by atoms with Gasteiger partial charge in [0.2, 0.25) is 5.89 Å². The maximum Gasteiger partial charge on any atom is 0.253 e. The lowest BCUT2D eigenvalue weighted by Gasteiger charge is -2.02. The lowest BCUT2D eigenvalue weighted by molar-refractivity contribution is 0.258. The average Bonchev–Trinajstić information content (AvgIpc) is 2.91. The topological polar surface area (TPSA) is 60.2 Å². The molecule has 108 valence electrons. The van der Waals surface area contributed by atoms with Crippen molar-refractivity contribution in [3.8, 4) is 5.75 Å². The van der Waals surface area contributed by atoms with Crippen LogP contribution in [0.25, 0.3) is 0 Å². The van der Waals surface area contributed by atoms with Crippen LogP contribution in [0.3, 0.4) is 0 Å². The van der Waals surface area contributed by atoms with Gasteiger partial charge in [-0.05, 0) is 43.8 Å². The van der Waals surface area contributed by atoms with Crippen molar-refractivity contribution >= 4 is 11.6 Å². The Morgan fingerprint density at radius 1 is 1.20 bits per heavy atom. The molecule has 0 fully saturated rings. The van der Waals surface area contributed by atoms with Crippen molar-refractivity contribution in [1.29, 1.82) is 0 Å². The molecule has 1 heterocycles. The molecule has 2 rings (SSSR count). The second-order valence-corrected chi connectivity index (χ2v) is 4.73. The molecule has 1 aromatic carbocycles. The SMILES string of the molecule is CCNCCCc1nnc(COc2ccc(Cl)cc2)o1. The molecule has 20 heavy (non-hydrogen) atoms. The Bertz CT molecular complexity index is 513. The van der Waals surface area contributed by atoms with E-state index < -0.39 is 0 Å². The third-order valence-electron chi connectivity index (χ3n) is 2.68. The predicted molar refractivity (Wildman–Crippen MR) is 76.9 cm³/mol. The molecule has 0 unspecified atom stereocenters. The standard InChI is InChI=1S/C14H18ClN3O2/c1-2-16-9-3-4-13-17-18-14(20-13)10-19-12-7-5-11(15)6-8-12/h5-8,16H,2-4,9-10H2,1H3. The number of aromatic nitrogens is 2. The van der Waals surface area contributed by atoms with Gasteiger partial charge in [0.25, 0.3) is 5.89 Å².